The van der Waals surface area contributed by atoms with Gasteiger partial charge in [0.15, 0.2) is 5.69 Å². The molecule has 0 fully saturated rings. The minimum absolute atomic E-state index is 0.0226. The average Bonchev–Trinajstić information content (AvgIpc) is 2.81. The quantitative estimate of drug-likeness (QED) is 0.800. The molecule has 0 saturated heterocycles. The monoisotopic (exact) mass is 261 g/mol. The maximum absolute atomic E-state index is 11.5. The van der Waals surface area contributed by atoms with Crippen LogP contribution in [0.2, 0.25) is 0 Å². The minimum atomic E-state index is -0.203. The van der Waals surface area contributed by atoms with E-state index in [1.54, 1.807) is 5.38 Å². The van der Waals surface area contributed by atoms with E-state index in [9.17, 15) is 4.79 Å². The molecule has 1 atom stereocenters. The number of halogens is 1. The zero-order valence-electron chi connectivity index (χ0n) is 9.44. The van der Waals surface area contributed by atoms with Gasteiger partial charge in [-0.1, -0.05) is 31.2 Å². The van der Waals surface area contributed by atoms with Crippen LogP contribution in [-0.4, -0.2) is 27.4 Å². The molecular weight excluding hydrogens is 246 g/mol. The van der Waals surface area contributed by atoms with Crippen LogP contribution in [-0.2, 0) is 0 Å². The number of nitrogens with one attached hydrogen (secondary N) is 1. The lowest BCUT2D eigenvalue weighted by molar-refractivity contribution is 0.0946. The van der Waals surface area contributed by atoms with Crippen molar-refractivity contribution in [2.24, 2.45) is 5.92 Å². The number of aromatic nitrogens is 2. The van der Waals surface area contributed by atoms with Crippen LogP contribution >= 0.6 is 23.1 Å². The molecule has 1 amide bonds. The van der Waals surface area contributed by atoms with Gasteiger partial charge in [0.2, 0.25) is 0 Å². The molecule has 0 aliphatic rings. The molecule has 0 spiro atoms. The van der Waals surface area contributed by atoms with E-state index in [1.807, 2.05) is 0 Å². The van der Waals surface area contributed by atoms with Gasteiger partial charge in [0, 0.05) is 11.9 Å². The minimum Gasteiger partial charge on any atom is -0.349 e. The van der Waals surface area contributed by atoms with Crippen LogP contribution in [0.1, 0.15) is 37.2 Å². The Hall–Kier alpha value is -0.680. The number of carbonyl (C=O) groups excluding carboxylic acids is 1. The molecule has 0 aromatic carbocycles. The summed E-state index contributed by atoms with van der Waals surface area (Å²) in [5, 5.41) is 8.06. The molecule has 1 heterocycles. The van der Waals surface area contributed by atoms with E-state index in [4.69, 9.17) is 11.6 Å². The molecule has 0 bridgehead atoms. The molecule has 0 radical (unpaired) electrons. The molecular formula is C10H16ClN3OS. The number of hydrogen-bond donors (Lipinski definition) is 1. The highest BCUT2D eigenvalue weighted by Gasteiger charge is 2.17. The lowest BCUT2D eigenvalue weighted by Crippen LogP contribution is -2.33. The molecule has 1 rings (SSSR count). The molecule has 0 aliphatic heterocycles. The summed E-state index contributed by atoms with van der Waals surface area (Å²) < 4.78 is 3.64. The third kappa shape index (κ3) is 3.72. The summed E-state index contributed by atoms with van der Waals surface area (Å²) in [6, 6.07) is 0. The van der Waals surface area contributed by atoms with Crippen LogP contribution < -0.4 is 5.32 Å². The van der Waals surface area contributed by atoms with E-state index in [0.29, 0.717) is 18.2 Å². The van der Waals surface area contributed by atoms with Gasteiger partial charge in [-0.15, -0.1) is 16.7 Å². The Balaban J connectivity index is 2.37. The second-order valence-corrected chi connectivity index (χ2v) is 4.76. The molecule has 0 saturated carbocycles. The number of alkyl halides is 1. The average molecular weight is 262 g/mol. The van der Waals surface area contributed by atoms with Crippen LogP contribution in [0.5, 0.6) is 0 Å². The van der Waals surface area contributed by atoms with Gasteiger partial charge in [0.05, 0.1) is 5.38 Å². The predicted octanol–water partition coefficient (Wildman–Crippen LogP) is 2.31. The molecule has 0 aliphatic carbocycles. The van der Waals surface area contributed by atoms with E-state index >= 15 is 0 Å². The fraction of sp³-hybridized carbons (Fsp3) is 0.700. The smallest absolute Gasteiger partial charge is 0.272 e. The van der Waals surface area contributed by atoms with Gasteiger partial charge in [0.25, 0.3) is 5.91 Å². The number of hydrogen-bond acceptors (Lipinski definition) is 4. The Labute approximate surface area is 105 Å². The number of carbonyl (C=O) groups is 1. The van der Waals surface area contributed by atoms with Crippen molar-refractivity contribution in [1.29, 1.82) is 0 Å². The molecule has 1 aromatic heterocycles. The van der Waals surface area contributed by atoms with Crippen molar-refractivity contribution in [3.63, 3.8) is 0 Å². The summed E-state index contributed by atoms with van der Waals surface area (Å²) >= 11 is 7.37. The molecule has 1 N–H and O–H groups in total. The van der Waals surface area contributed by atoms with Crippen molar-refractivity contribution in [3.05, 3.63) is 11.1 Å². The van der Waals surface area contributed by atoms with Gasteiger partial charge in [-0.05, 0) is 17.5 Å². The third-order valence-electron chi connectivity index (χ3n) is 2.61. The van der Waals surface area contributed by atoms with Crippen LogP contribution in [0, 0.1) is 5.92 Å². The zero-order valence-corrected chi connectivity index (χ0v) is 11.0. The van der Waals surface area contributed by atoms with Crippen LogP contribution in [0.15, 0.2) is 5.38 Å². The highest BCUT2D eigenvalue weighted by atomic mass is 35.5. The van der Waals surface area contributed by atoms with Gasteiger partial charge < -0.3 is 5.32 Å². The summed E-state index contributed by atoms with van der Waals surface area (Å²) in [6.07, 6.45) is 2.05. The second-order valence-electron chi connectivity index (χ2n) is 3.59. The fourth-order valence-corrected chi connectivity index (χ4v) is 2.38. The predicted molar refractivity (Wildman–Crippen MR) is 66.0 cm³/mol. The maximum Gasteiger partial charge on any atom is 0.272 e. The summed E-state index contributed by atoms with van der Waals surface area (Å²) in [5.74, 6) is 0.237. The Kier molecular flexibility index (Phi) is 5.69. The highest BCUT2D eigenvalue weighted by Crippen LogP contribution is 2.17. The van der Waals surface area contributed by atoms with Gasteiger partial charge in [-0.25, -0.2) is 0 Å². The first kappa shape index (κ1) is 13.4. The van der Waals surface area contributed by atoms with Gasteiger partial charge >= 0.3 is 0 Å². The van der Waals surface area contributed by atoms with Crippen molar-refractivity contribution in [2.75, 3.05) is 6.54 Å². The topological polar surface area (TPSA) is 54.9 Å². The normalized spacial score (nSPS) is 12.8. The Morgan fingerprint density at radius 1 is 1.56 bits per heavy atom. The molecule has 90 valence electrons. The van der Waals surface area contributed by atoms with Crippen molar-refractivity contribution in [3.8, 4) is 0 Å². The standard InChI is InChI=1S/C10H16ClN3OS/c1-3-7(4-2)8(11)5-12-10(15)9-6-16-14-13-9/h6-8H,3-5H2,1-2H3,(H,12,15). The number of nitrogens with zero attached hydrogens (tertiary/aromatic N) is 2. The summed E-state index contributed by atoms with van der Waals surface area (Å²) in [7, 11) is 0. The van der Waals surface area contributed by atoms with Crippen LogP contribution in [0.4, 0.5) is 0 Å². The maximum atomic E-state index is 11.5. The Morgan fingerprint density at radius 3 is 2.75 bits per heavy atom. The van der Waals surface area contributed by atoms with Gasteiger partial charge in [-0.2, -0.15) is 0 Å². The molecule has 16 heavy (non-hydrogen) atoms. The second kappa shape index (κ2) is 6.81. The highest BCUT2D eigenvalue weighted by molar-refractivity contribution is 7.03. The SMILES string of the molecule is CCC(CC)C(Cl)CNC(=O)c1csnn1. The van der Waals surface area contributed by atoms with Crippen molar-refractivity contribution < 1.29 is 4.79 Å². The lowest BCUT2D eigenvalue weighted by Gasteiger charge is -2.19. The van der Waals surface area contributed by atoms with Gasteiger partial charge in [-0.3, -0.25) is 4.79 Å². The van der Waals surface area contributed by atoms with Crippen LogP contribution in [0.3, 0.4) is 0 Å². The van der Waals surface area contributed by atoms with E-state index in [0.717, 1.165) is 24.4 Å². The summed E-state index contributed by atoms with van der Waals surface area (Å²) in [4.78, 5) is 11.5. The summed E-state index contributed by atoms with van der Waals surface area (Å²) in [6.45, 7) is 4.69. The van der Waals surface area contributed by atoms with Gasteiger partial charge in [0.1, 0.15) is 0 Å². The van der Waals surface area contributed by atoms with Crippen molar-refractivity contribution in [1.82, 2.24) is 14.9 Å². The molecule has 1 unspecified atom stereocenters. The molecule has 4 nitrogen and oxygen atoms in total. The molecule has 6 heteroatoms. The molecule has 1 aromatic rings. The van der Waals surface area contributed by atoms with Crippen LogP contribution in [0.25, 0.3) is 0 Å². The lowest BCUT2D eigenvalue weighted by atomic mass is 9.99. The van der Waals surface area contributed by atoms with E-state index in [1.165, 1.54) is 0 Å². The Morgan fingerprint density at radius 2 is 2.25 bits per heavy atom. The van der Waals surface area contributed by atoms with E-state index in [2.05, 4.69) is 28.8 Å². The number of rotatable bonds is 6. The largest absolute Gasteiger partial charge is 0.349 e. The Bertz CT molecular complexity index is 314. The number of amides is 1. The third-order valence-corrected chi connectivity index (χ3v) is 3.63. The van der Waals surface area contributed by atoms with E-state index < -0.39 is 0 Å². The van der Waals surface area contributed by atoms with Crippen molar-refractivity contribution >= 4 is 29.0 Å². The zero-order chi connectivity index (χ0) is 12.0. The summed E-state index contributed by atoms with van der Waals surface area (Å²) in [5.41, 5.74) is 0.360. The van der Waals surface area contributed by atoms with E-state index in [-0.39, 0.29) is 11.3 Å². The first-order chi connectivity index (χ1) is 7.69. The van der Waals surface area contributed by atoms with Crippen molar-refractivity contribution in [2.45, 2.75) is 32.1 Å². The first-order valence-electron chi connectivity index (χ1n) is 5.38. The fourth-order valence-electron chi connectivity index (χ4n) is 1.51. The first-order valence-corrected chi connectivity index (χ1v) is 6.65.